The van der Waals surface area contributed by atoms with E-state index < -0.39 is 11.5 Å². The fourth-order valence-corrected chi connectivity index (χ4v) is 4.81. The van der Waals surface area contributed by atoms with Crippen LogP contribution in [0, 0.1) is 13.8 Å². The van der Waals surface area contributed by atoms with E-state index in [2.05, 4.69) is 37.4 Å². The highest BCUT2D eigenvalue weighted by molar-refractivity contribution is 5.96. The van der Waals surface area contributed by atoms with Gasteiger partial charge in [-0.25, -0.2) is 0 Å². The molecule has 6 nitrogen and oxygen atoms in total. The Balaban J connectivity index is 1.64. The van der Waals surface area contributed by atoms with E-state index in [1.54, 1.807) is 0 Å². The second-order valence-corrected chi connectivity index (χ2v) is 9.51. The topological polar surface area (TPSA) is 84.9 Å². The fraction of sp³-hybridized carbons (Fsp3) is 0.333. The van der Waals surface area contributed by atoms with Gasteiger partial charge in [-0.05, 0) is 68.0 Å². The molecule has 4 rings (SSSR count). The second-order valence-electron chi connectivity index (χ2n) is 9.51. The van der Waals surface area contributed by atoms with Crippen LogP contribution >= 0.6 is 0 Å². The summed E-state index contributed by atoms with van der Waals surface area (Å²) in [5.74, 6) is -0.360. The fourth-order valence-electron chi connectivity index (χ4n) is 4.81. The number of ether oxygens (including phenoxy) is 2. The molecule has 3 aromatic carbocycles. The second kappa shape index (κ2) is 11.4. The molecule has 0 spiro atoms. The molecule has 3 aromatic rings. The number of aliphatic carboxylic acids is 1. The molecule has 0 aromatic heterocycles. The lowest BCUT2D eigenvalue weighted by atomic mass is 9.81. The molecule has 0 bridgehead atoms. The molecular formula is C30H33NO5. The number of carboxylic acid groups (broad SMARTS) is 1. The third-order valence-electron chi connectivity index (χ3n) is 6.65. The Labute approximate surface area is 212 Å². The SMILES string of the molecule is Cc1cc(C)cc(C2(NC(=O)c3cc(COc4ccccc4)ccc3CCC(=O)O)CCOCC2)c1. The predicted octanol–water partition coefficient (Wildman–Crippen LogP) is 5.34. The van der Waals surface area contributed by atoms with Crippen LogP contribution in [0.15, 0.2) is 66.7 Å². The van der Waals surface area contributed by atoms with Crippen molar-refractivity contribution in [1.82, 2.24) is 5.32 Å². The van der Waals surface area contributed by atoms with Crippen molar-refractivity contribution in [3.63, 3.8) is 0 Å². The van der Waals surface area contributed by atoms with E-state index in [9.17, 15) is 14.7 Å². The van der Waals surface area contributed by atoms with E-state index in [1.165, 1.54) is 0 Å². The molecule has 1 aliphatic heterocycles. The number of nitrogens with one attached hydrogen (secondary N) is 1. The third-order valence-corrected chi connectivity index (χ3v) is 6.65. The zero-order valence-corrected chi connectivity index (χ0v) is 20.9. The molecule has 0 radical (unpaired) electrons. The summed E-state index contributed by atoms with van der Waals surface area (Å²) in [5.41, 5.74) is 4.86. The average Bonchev–Trinajstić information content (AvgIpc) is 2.87. The molecule has 188 valence electrons. The smallest absolute Gasteiger partial charge is 0.303 e. The van der Waals surface area contributed by atoms with E-state index in [1.807, 2.05) is 48.5 Å². The van der Waals surface area contributed by atoms with Crippen molar-refractivity contribution in [1.29, 1.82) is 0 Å². The van der Waals surface area contributed by atoms with Crippen molar-refractivity contribution in [2.75, 3.05) is 13.2 Å². The van der Waals surface area contributed by atoms with Crippen LogP contribution < -0.4 is 10.1 Å². The number of aryl methyl sites for hydroxylation is 3. The molecule has 2 N–H and O–H groups in total. The first-order chi connectivity index (χ1) is 17.3. The van der Waals surface area contributed by atoms with E-state index in [0.717, 1.165) is 28.0 Å². The first-order valence-corrected chi connectivity index (χ1v) is 12.4. The van der Waals surface area contributed by atoms with Gasteiger partial charge in [0.05, 0.1) is 5.54 Å². The minimum absolute atomic E-state index is 0.0454. The van der Waals surface area contributed by atoms with Gasteiger partial charge in [0.2, 0.25) is 0 Å². The van der Waals surface area contributed by atoms with Gasteiger partial charge < -0.3 is 19.9 Å². The van der Waals surface area contributed by atoms with Crippen LogP contribution in [0.4, 0.5) is 0 Å². The number of amides is 1. The largest absolute Gasteiger partial charge is 0.489 e. The maximum atomic E-state index is 13.8. The number of carbonyl (C=O) groups excluding carboxylic acids is 1. The normalized spacial score (nSPS) is 14.7. The van der Waals surface area contributed by atoms with E-state index >= 15 is 0 Å². The van der Waals surface area contributed by atoms with Gasteiger partial charge in [0.25, 0.3) is 5.91 Å². The molecule has 36 heavy (non-hydrogen) atoms. The summed E-state index contributed by atoms with van der Waals surface area (Å²) < 4.78 is 11.5. The maximum Gasteiger partial charge on any atom is 0.303 e. The molecule has 1 saturated heterocycles. The van der Waals surface area contributed by atoms with Gasteiger partial charge in [-0.2, -0.15) is 0 Å². The van der Waals surface area contributed by atoms with Gasteiger partial charge in [0.1, 0.15) is 12.4 Å². The molecule has 1 amide bonds. The van der Waals surface area contributed by atoms with Gasteiger partial charge in [-0.15, -0.1) is 0 Å². The Hall–Kier alpha value is -3.64. The molecule has 0 aliphatic carbocycles. The van der Waals surface area contributed by atoms with Crippen LogP contribution in [0.3, 0.4) is 0 Å². The quantitative estimate of drug-likeness (QED) is 0.426. The first kappa shape index (κ1) is 25.5. The molecule has 1 aliphatic rings. The van der Waals surface area contributed by atoms with E-state index in [0.29, 0.717) is 43.8 Å². The summed E-state index contributed by atoms with van der Waals surface area (Å²) in [6, 6.07) is 21.5. The van der Waals surface area contributed by atoms with Crippen molar-refractivity contribution >= 4 is 11.9 Å². The summed E-state index contributed by atoms with van der Waals surface area (Å²) >= 11 is 0. The molecular weight excluding hydrogens is 454 g/mol. The predicted molar refractivity (Wildman–Crippen MR) is 138 cm³/mol. The lowest BCUT2D eigenvalue weighted by Gasteiger charge is -2.39. The average molecular weight is 488 g/mol. The highest BCUT2D eigenvalue weighted by atomic mass is 16.5. The Bertz CT molecular complexity index is 1200. The van der Waals surface area contributed by atoms with E-state index in [-0.39, 0.29) is 18.7 Å². The Morgan fingerprint density at radius 3 is 2.33 bits per heavy atom. The van der Waals surface area contributed by atoms with Crippen molar-refractivity contribution < 1.29 is 24.2 Å². The minimum Gasteiger partial charge on any atom is -0.489 e. The third kappa shape index (κ3) is 6.32. The van der Waals surface area contributed by atoms with Gasteiger partial charge >= 0.3 is 5.97 Å². The number of carbonyl (C=O) groups is 2. The Kier molecular flexibility index (Phi) is 8.06. The van der Waals surface area contributed by atoms with Crippen molar-refractivity contribution in [2.24, 2.45) is 0 Å². The summed E-state index contributed by atoms with van der Waals surface area (Å²) in [5, 5.41) is 12.6. The van der Waals surface area contributed by atoms with Gasteiger partial charge in [-0.1, -0.05) is 59.7 Å². The van der Waals surface area contributed by atoms with Crippen molar-refractivity contribution in [2.45, 2.75) is 51.7 Å². The summed E-state index contributed by atoms with van der Waals surface area (Å²) in [7, 11) is 0. The molecule has 0 unspecified atom stereocenters. The lowest BCUT2D eigenvalue weighted by molar-refractivity contribution is -0.136. The van der Waals surface area contributed by atoms with Crippen LogP contribution in [0.25, 0.3) is 0 Å². The monoisotopic (exact) mass is 487 g/mol. The van der Waals surface area contributed by atoms with Gasteiger partial charge in [-0.3, -0.25) is 9.59 Å². The molecule has 1 heterocycles. The molecule has 0 atom stereocenters. The summed E-state index contributed by atoms with van der Waals surface area (Å²) in [6.07, 6.45) is 1.57. The van der Waals surface area contributed by atoms with Gasteiger partial charge in [0, 0.05) is 25.2 Å². The number of carboxylic acids is 1. The molecule has 0 saturated carbocycles. The van der Waals surface area contributed by atoms with Crippen LogP contribution in [-0.2, 0) is 28.1 Å². The minimum atomic E-state index is -0.894. The number of benzene rings is 3. The number of para-hydroxylation sites is 1. The van der Waals surface area contributed by atoms with Crippen molar-refractivity contribution in [3.8, 4) is 5.75 Å². The van der Waals surface area contributed by atoms with Crippen LogP contribution in [0.5, 0.6) is 5.75 Å². The van der Waals surface area contributed by atoms with Crippen LogP contribution in [0.2, 0.25) is 0 Å². The standard InChI is InChI=1S/C30H33NO5/c1-21-16-22(2)18-25(17-21)30(12-14-35-15-13-30)31-29(34)27-19-23(8-9-24(27)10-11-28(32)33)20-36-26-6-4-3-5-7-26/h3-9,16-19H,10-15,20H2,1-2H3,(H,31,34)(H,32,33). The van der Waals surface area contributed by atoms with Gasteiger partial charge in [0.15, 0.2) is 0 Å². The first-order valence-electron chi connectivity index (χ1n) is 12.4. The van der Waals surface area contributed by atoms with E-state index in [4.69, 9.17) is 9.47 Å². The number of hydrogen-bond donors (Lipinski definition) is 2. The lowest BCUT2D eigenvalue weighted by Crippen LogP contribution is -2.49. The maximum absolute atomic E-state index is 13.8. The molecule has 6 heteroatoms. The number of hydrogen-bond acceptors (Lipinski definition) is 4. The van der Waals surface area contributed by atoms with Crippen LogP contribution in [-0.4, -0.2) is 30.2 Å². The summed E-state index contributed by atoms with van der Waals surface area (Å²) in [6.45, 7) is 5.55. The molecule has 1 fully saturated rings. The highest BCUT2D eigenvalue weighted by Gasteiger charge is 2.37. The zero-order valence-electron chi connectivity index (χ0n) is 20.9. The van der Waals surface area contributed by atoms with Crippen LogP contribution in [0.1, 0.15) is 57.4 Å². The Morgan fingerprint density at radius 2 is 1.67 bits per heavy atom. The number of rotatable bonds is 9. The van der Waals surface area contributed by atoms with Crippen molar-refractivity contribution in [3.05, 3.63) is 100 Å². The zero-order chi connectivity index (χ0) is 25.5. The summed E-state index contributed by atoms with van der Waals surface area (Å²) in [4.78, 5) is 25.1. The highest BCUT2D eigenvalue weighted by Crippen LogP contribution is 2.34. The Morgan fingerprint density at radius 1 is 0.972 bits per heavy atom.